The Morgan fingerprint density at radius 1 is 1.43 bits per heavy atom. The van der Waals surface area contributed by atoms with Gasteiger partial charge in [0.2, 0.25) is 5.91 Å². The van der Waals surface area contributed by atoms with Gasteiger partial charge in [-0.2, -0.15) is 0 Å². The van der Waals surface area contributed by atoms with E-state index in [2.05, 4.69) is 0 Å². The molecule has 1 heterocycles. The fourth-order valence-electron chi connectivity index (χ4n) is 2.45. The quantitative estimate of drug-likeness (QED) is 0.753. The third-order valence-corrected chi connectivity index (χ3v) is 3.62. The first-order valence-electron chi connectivity index (χ1n) is 7.44. The maximum Gasteiger partial charge on any atom is 0.226 e. The lowest BCUT2D eigenvalue weighted by Gasteiger charge is -2.25. The van der Waals surface area contributed by atoms with Gasteiger partial charge in [-0.3, -0.25) is 4.79 Å². The molecule has 0 bridgehead atoms. The van der Waals surface area contributed by atoms with Crippen LogP contribution < -0.4 is 0 Å². The molecular formula is C17H22FNO2. The first kappa shape index (κ1) is 15.7. The highest BCUT2D eigenvalue weighted by Gasteiger charge is 2.22. The van der Waals surface area contributed by atoms with Crippen molar-refractivity contribution < 1.29 is 13.9 Å². The molecule has 2 rings (SSSR count). The molecule has 1 amide bonds. The lowest BCUT2D eigenvalue weighted by atomic mass is 10.1. The van der Waals surface area contributed by atoms with Crippen LogP contribution in [0.4, 0.5) is 4.39 Å². The maximum absolute atomic E-state index is 13.0. The van der Waals surface area contributed by atoms with Gasteiger partial charge >= 0.3 is 0 Å². The Balaban J connectivity index is 2.02. The average molecular weight is 291 g/mol. The van der Waals surface area contributed by atoms with Crippen LogP contribution in [0.1, 0.15) is 31.7 Å². The monoisotopic (exact) mass is 291 g/mol. The minimum absolute atomic E-state index is 0.0768. The van der Waals surface area contributed by atoms with Gasteiger partial charge in [-0.05, 0) is 37.5 Å². The number of hydrogen-bond acceptors (Lipinski definition) is 2. The van der Waals surface area contributed by atoms with Crippen molar-refractivity contribution in [1.29, 1.82) is 0 Å². The number of carbonyl (C=O) groups excluding carboxylic acids is 1. The molecular weight excluding hydrogens is 269 g/mol. The summed E-state index contributed by atoms with van der Waals surface area (Å²) >= 11 is 0. The summed E-state index contributed by atoms with van der Waals surface area (Å²) in [7, 11) is 0. The number of rotatable bonds is 6. The van der Waals surface area contributed by atoms with Crippen molar-refractivity contribution in [2.75, 3.05) is 13.2 Å². The fraction of sp³-hybridized carbons (Fsp3) is 0.471. The molecule has 3 nitrogen and oxygen atoms in total. The van der Waals surface area contributed by atoms with Crippen molar-refractivity contribution in [2.24, 2.45) is 0 Å². The molecule has 4 heteroatoms. The van der Waals surface area contributed by atoms with E-state index >= 15 is 0 Å². The first-order chi connectivity index (χ1) is 10.2. The second kappa shape index (κ2) is 7.93. The second-order valence-corrected chi connectivity index (χ2v) is 5.31. The Kier molecular flexibility index (Phi) is 5.93. The van der Waals surface area contributed by atoms with Crippen molar-refractivity contribution in [3.05, 3.63) is 47.8 Å². The number of nitrogens with zero attached hydrogens (tertiary/aromatic N) is 1. The minimum atomic E-state index is -0.260. The van der Waals surface area contributed by atoms with E-state index in [4.69, 9.17) is 4.74 Å². The molecule has 1 aromatic carbocycles. The van der Waals surface area contributed by atoms with Crippen molar-refractivity contribution in [2.45, 2.75) is 38.8 Å². The number of amides is 1. The lowest BCUT2D eigenvalue weighted by Crippen LogP contribution is -2.36. The molecule has 1 atom stereocenters. The Labute approximate surface area is 125 Å². The van der Waals surface area contributed by atoms with Crippen LogP contribution in [0.5, 0.6) is 0 Å². The van der Waals surface area contributed by atoms with E-state index in [1.54, 1.807) is 12.1 Å². The predicted octanol–water partition coefficient (Wildman–Crippen LogP) is 3.30. The van der Waals surface area contributed by atoms with E-state index in [1.807, 2.05) is 24.0 Å². The normalized spacial score (nSPS) is 18.3. The molecule has 1 unspecified atom stereocenters. The van der Waals surface area contributed by atoms with Crippen molar-refractivity contribution in [3.63, 3.8) is 0 Å². The standard InChI is InChI=1S/C17H22FNO2/c1-2-3-6-17(20)19(13-16-5-4-11-21-16)12-14-7-9-15(18)10-8-14/h2-3,7-10,16H,4-6,11-13H2,1H3. The van der Waals surface area contributed by atoms with Crippen LogP contribution >= 0.6 is 0 Å². The molecule has 0 spiro atoms. The van der Waals surface area contributed by atoms with Crippen molar-refractivity contribution >= 4 is 5.91 Å². The number of carbonyl (C=O) groups is 1. The third-order valence-electron chi connectivity index (χ3n) is 3.62. The van der Waals surface area contributed by atoms with Gasteiger partial charge in [-0.15, -0.1) is 0 Å². The summed E-state index contributed by atoms with van der Waals surface area (Å²) in [5.74, 6) is -0.183. The van der Waals surface area contributed by atoms with Gasteiger partial charge in [0.15, 0.2) is 0 Å². The smallest absolute Gasteiger partial charge is 0.226 e. The van der Waals surface area contributed by atoms with Gasteiger partial charge in [0.25, 0.3) is 0 Å². The van der Waals surface area contributed by atoms with Gasteiger partial charge in [0.05, 0.1) is 6.10 Å². The summed E-state index contributed by atoms with van der Waals surface area (Å²) in [6.07, 6.45) is 6.30. The molecule has 114 valence electrons. The highest BCUT2D eigenvalue weighted by atomic mass is 19.1. The molecule has 0 aliphatic carbocycles. The van der Waals surface area contributed by atoms with E-state index in [0.717, 1.165) is 25.0 Å². The Hall–Kier alpha value is -1.68. The third kappa shape index (κ3) is 4.97. The van der Waals surface area contributed by atoms with Crippen LogP contribution in [0.3, 0.4) is 0 Å². The molecule has 0 radical (unpaired) electrons. The van der Waals surface area contributed by atoms with E-state index in [0.29, 0.717) is 19.5 Å². The number of halogens is 1. The van der Waals surface area contributed by atoms with Crippen LogP contribution in [0.2, 0.25) is 0 Å². The maximum atomic E-state index is 13.0. The summed E-state index contributed by atoms with van der Waals surface area (Å²) in [5, 5.41) is 0. The van der Waals surface area contributed by atoms with Crippen molar-refractivity contribution in [3.8, 4) is 0 Å². The van der Waals surface area contributed by atoms with E-state index < -0.39 is 0 Å². The first-order valence-corrected chi connectivity index (χ1v) is 7.44. The van der Waals surface area contributed by atoms with Gasteiger partial charge in [-0.1, -0.05) is 24.3 Å². The number of ether oxygens (including phenoxy) is 1. The molecule has 1 aliphatic rings. The summed E-state index contributed by atoms with van der Waals surface area (Å²) in [6, 6.07) is 6.30. The van der Waals surface area contributed by atoms with Gasteiger partial charge in [0.1, 0.15) is 5.82 Å². The SMILES string of the molecule is CC=CCC(=O)N(Cc1ccc(F)cc1)CC1CCCO1. The number of benzene rings is 1. The van der Waals surface area contributed by atoms with Crippen LogP contribution in [0, 0.1) is 5.82 Å². The lowest BCUT2D eigenvalue weighted by molar-refractivity contribution is -0.132. The van der Waals surface area contributed by atoms with Crippen LogP contribution in [0.25, 0.3) is 0 Å². The summed E-state index contributed by atoms with van der Waals surface area (Å²) < 4.78 is 18.6. The number of allylic oxidation sites excluding steroid dienone is 1. The second-order valence-electron chi connectivity index (χ2n) is 5.31. The summed E-state index contributed by atoms with van der Waals surface area (Å²) in [4.78, 5) is 14.1. The van der Waals surface area contributed by atoms with E-state index in [-0.39, 0.29) is 17.8 Å². The molecule has 21 heavy (non-hydrogen) atoms. The van der Waals surface area contributed by atoms with Crippen LogP contribution in [0.15, 0.2) is 36.4 Å². The number of hydrogen-bond donors (Lipinski definition) is 0. The van der Waals surface area contributed by atoms with E-state index in [1.165, 1.54) is 12.1 Å². The van der Waals surface area contributed by atoms with Gasteiger partial charge in [-0.25, -0.2) is 4.39 Å². The van der Waals surface area contributed by atoms with Gasteiger partial charge < -0.3 is 9.64 Å². The largest absolute Gasteiger partial charge is 0.376 e. The van der Waals surface area contributed by atoms with E-state index in [9.17, 15) is 9.18 Å². The molecule has 1 fully saturated rings. The topological polar surface area (TPSA) is 29.5 Å². The predicted molar refractivity (Wildman–Crippen MR) is 80.2 cm³/mol. The summed E-state index contributed by atoms with van der Waals surface area (Å²) in [5.41, 5.74) is 0.934. The Morgan fingerprint density at radius 3 is 2.81 bits per heavy atom. The van der Waals surface area contributed by atoms with Crippen LogP contribution in [-0.2, 0) is 16.1 Å². The minimum Gasteiger partial charge on any atom is -0.376 e. The Morgan fingerprint density at radius 2 is 2.19 bits per heavy atom. The zero-order chi connectivity index (χ0) is 15.1. The molecule has 1 saturated heterocycles. The zero-order valence-corrected chi connectivity index (χ0v) is 12.4. The molecule has 0 N–H and O–H groups in total. The van der Waals surface area contributed by atoms with Crippen molar-refractivity contribution in [1.82, 2.24) is 4.90 Å². The average Bonchev–Trinajstić information content (AvgIpc) is 2.99. The van der Waals surface area contributed by atoms with Crippen LogP contribution in [-0.4, -0.2) is 30.1 Å². The highest BCUT2D eigenvalue weighted by molar-refractivity contribution is 5.77. The molecule has 0 saturated carbocycles. The molecule has 0 aromatic heterocycles. The van der Waals surface area contributed by atoms with Gasteiger partial charge in [0, 0.05) is 26.1 Å². The molecule has 1 aromatic rings. The summed E-state index contributed by atoms with van der Waals surface area (Å²) in [6.45, 7) is 3.78. The highest BCUT2D eigenvalue weighted by Crippen LogP contribution is 2.16. The molecule has 1 aliphatic heterocycles. The zero-order valence-electron chi connectivity index (χ0n) is 12.4. The fourth-order valence-corrected chi connectivity index (χ4v) is 2.45. The Bertz CT molecular complexity index is 478.